The molecule has 0 saturated heterocycles. The number of anilines is 2. The van der Waals surface area contributed by atoms with Crippen LogP contribution >= 0.6 is 0 Å². The largest absolute Gasteiger partial charge is 0.505 e. The average Bonchev–Trinajstić information content (AvgIpc) is 2.96. The molecule has 0 aliphatic carbocycles. The van der Waals surface area contributed by atoms with E-state index in [4.69, 9.17) is 0 Å². The van der Waals surface area contributed by atoms with E-state index in [1.165, 1.54) is 36.4 Å². The topological polar surface area (TPSA) is 233 Å². The van der Waals surface area contributed by atoms with Gasteiger partial charge in [-0.25, -0.2) is 16.8 Å². The number of fused-ring (bicyclic) bond motifs is 1. The number of amides is 1. The zero-order valence-corrected chi connectivity index (χ0v) is 25.3. The summed E-state index contributed by atoms with van der Waals surface area (Å²) in [6.07, 6.45) is 1.04. The highest BCUT2D eigenvalue weighted by atomic mass is 32.2. The molecule has 0 radical (unpaired) electrons. The van der Waals surface area contributed by atoms with Gasteiger partial charge in [-0.3, -0.25) is 14.1 Å². The van der Waals surface area contributed by atoms with Crippen LogP contribution < -0.4 is 10.0 Å². The number of nitrogens with one attached hydrogen (secondary N) is 2. The molecule has 0 aliphatic heterocycles. The molecule has 228 valence electrons. The Morgan fingerprint density at radius 3 is 2.16 bits per heavy atom. The standard InChI is InChI=1S/C27H23N5O9S3/c1-3-25(33)29-24-14-23(31-30-21-11-10-17(42(2,35)36)12-16(21)15-28)26-20(27(24)34)8-5-9-22(26)32-43(37,38)18-6-4-7-19(13-18)44(39,40)41/h4-14,32,34H,3H2,1-2H3,(H,29,33)(H,39,40,41). The highest BCUT2D eigenvalue weighted by Crippen LogP contribution is 2.44. The number of azo groups is 1. The first-order valence-corrected chi connectivity index (χ1v) is 17.2. The number of hydrogen-bond donors (Lipinski definition) is 4. The summed E-state index contributed by atoms with van der Waals surface area (Å²) in [5, 5.41) is 31.4. The van der Waals surface area contributed by atoms with Gasteiger partial charge in [0.15, 0.2) is 9.84 Å². The molecule has 0 saturated carbocycles. The molecular formula is C27H23N5O9S3. The molecule has 17 heteroatoms. The molecule has 0 fully saturated rings. The van der Waals surface area contributed by atoms with Crippen molar-refractivity contribution in [3.63, 3.8) is 0 Å². The summed E-state index contributed by atoms with van der Waals surface area (Å²) in [5.41, 5.74) is -0.443. The van der Waals surface area contributed by atoms with Gasteiger partial charge in [-0.2, -0.15) is 13.7 Å². The summed E-state index contributed by atoms with van der Waals surface area (Å²) >= 11 is 0. The summed E-state index contributed by atoms with van der Waals surface area (Å²) in [7, 11) is -12.8. The summed E-state index contributed by atoms with van der Waals surface area (Å²) in [4.78, 5) is 10.9. The van der Waals surface area contributed by atoms with E-state index < -0.39 is 51.4 Å². The fourth-order valence-electron chi connectivity index (χ4n) is 3.98. The number of nitriles is 1. The molecule has 44 heavy (non-hydrogen) atoms. The molecule has 0 heterocycles. The molecule has 4 aromatic carbocycles. The Morgan fingerprint density at radius 1 is 0.864 bits per heavy atom. The third-order valence-electron chi connectivity index (χ3n) is 6.15. The van der Waals surface area contributed by atoms with Gasteiger partial charge in [-0.1, -0.05) is 25.1 Å². The molecule has 0 atom stereocenters. The van der Waals surface area contributed by atoms with Crippen molar-refractivity contribution in [1.29, 1.82) is 5.26 Å². The minimum atomic E-state index is -4.72. The minimum Gasteiger partial charge on any atom is -0.505 e. The van der Waals surface area contributed by atoms with E-state index in [1.807, 2.05) is 6.07 Å². The normalized spacial score (nSPS) is 12.2. The van der Waals surface area contributed by atoms with Crippen molar-refractivity contribution in [3.05, 3.63) is 72.3 Å². The van der Waals surface area contributed by atoms with Crippen LogP contribution in [-0.2, 0) is 34.8 Å². The first-order chi connectivity index (χ1) is 20.5. The second-order valence-corrected chi connectivity index (χ2v) is 14.4. The number of carbonyl (C=O) groups excluding carboxylic acids is 1. The van der Waals surface area contributed by atoms with Gasteiger partial charge in [-0.05, 0) is 48.5 Å². The fourth-order valence-corrected chi connectivity index (χ4v) is 6.35. The summed E-state index contributed by atoms with van der Waals surface area (Å²) in [6.45, 7) is 1.58. The van der Waals surface area contributed by atoms with Crippen LogP contribution in [0.5, 0.6) is 5.75 Å². The molecule has 0 spiro atoms. The summed E-state index contributed by atoms with van der Waals surface area (Å²) in [5.74, 6) is -0.883. The van der Waals surface area contributed by atoms with Gasteiger partial charge in [0.05, 0.1) is 37.3 Å². The SMILES string of the molecule is CCC(=O)Nc1cc(N=Nc2ccc(S(C)(=O)=O)cc2C#N)c2c(NS(=O)(=O)c3cccc(S(=O)(=O)O)c3)cccc2c1O. The maximum atomic E-state index is 13.3. The van der Waals surface area contributed by atoms with Crippen molar-refractivity contribution in [2.75, 3.05) is 16.3 Å². The van der Waals surface area contributed by atoms with Crippen LogP contribution in [0.15, 0.2) is 91.6 Å². The van der Waals surface area contributed by atoms with Crippen LogP contribution in [0.4, 0.5) is 22.7 Å². The first kappa shape index (κ1) is 32.0. The number of sulfone groups is 1. The summed E-state index contributed by atoms with van der Waals surface area (Å²) < 4.78 is 85.3. The van der Waals surface area contributed by atoms with Crippen LogP contribution in [0.1, 0.15) is 18.9 Å². The highest BCUT2D eigenvalue weighted by Gasteiger charge is 2.22. The lowest BCUT2D eigenvalue weighted by Gasteiger charge is -2.16. The number of sulfonamides is 1. The van der Waals surface area contributed by atoms with Gasteiger partial charge in [0.2, 0.25) is 5.91 Å². The molecule has 0 unspecified atom stereocenters. The third-order valence-corrected chi connectivity index (χ3v) is 9.47. The van der Waals surface area contributed by atoms with Crippen molar-refractivity contribution in [3.8, 4) is 11.8 Å². The van der Waals surface area contributed by atoms with E-state index in [-0.39, 0.29) is 50.4 Å². The molecule has 4 rings (SSSR count). The number of phenolic OH excluding ortho intramolecular Hbond substituents is 1. The zero-order valence-electron chi connectivity index (χ0n) is 22.9. The molecular weight excluding hydrogens is 635 g/mol. The van der Waals surface area contributed by atoms with E-state index in [0.29, 0.717) is 0 Å². The molecule has 4 N–H and O–H groups in total. The lowest BCUT2D eigenvalue weighted by molar-refractivity contribution is -0.115. The fraction of sp³-hybridized carbons (Fsp3) is 0.111. The monoisotopic (exact) mass is 657 g/mol. The first-order valence-electron chi connectivity index (χ1n) is 12.4. The molecule has 0 aliphatic rings. The number of phenols is 1. The Balaban J connectivity index is 1.92. The number of hydrogen-bond acceptors (Lipinski definition) is 11. The number of benzene rings is 4. The van der Waals surface area contributed by atoms with Gasteiger partial charge in [0.25, 0.3) is 20.1 Å². The average molecular weight is 658 g/mol. The maximum absolute atomic E-state index is 13.3. The van der Waals surface area contributed by atoms with Crippen molar-refractivity contribution >= 4 is 69.4 Å². The van der Waals surface area contributed by atoms with Crippen LogP contribution in [0.3, 0.4) is 0 Å². The van der Waals surface area contributed by atoms with Gasteiger partial charge < -0.3 is 10.4 Å². The number of rotatable bonds is 9. The second kappa shape index (κ2) is 12.0. The van der Waals surface area contributed by atoms with Crippen molar-refractivity contribution in [2.45, 2.75) is 28.0 Å². The lowest BCUT2D eigenvalue weighted by atomic mass is 10.0. The molecule has 4 aromatic rings. The Bertz CT molecular complexity index is 2230. The van der Waals surface area contributed by atoms with E-state index in [0.717, 1.165) is 36.6 Å². The van der Waals surface area contributed by atoms with E-state index in [2.05, 4.69) is 20.3 Å². The zero-order chi connectivity index (χ0) is 32.4. The van der Waals surface area contributed by atoms with Gasteiger partial charge >= 0.3 is 0 Å². The van der Waals surface area contributed by atoms with Crippen LogP contribution in [0, 0.1) is 11.3 Å². The molecule has 0 bridgehead atoms. The van der Waals surface area contributed by atoms with E-state index >= 15 is 0 Å². The van der Waals surface area contributed by atoms with Crippen molar-refractivity contribution < 1.29 is 39.7 Å². The minimum absolute atomic E-state index is 0.00372. The molecule has 0 aromatic heterocycles. The molecule has 1 amide bonds. The smallest absolute Gasteiger partial charge is 0.294 e. The molecule has 14 nitrogen and oxygen atoms in total. The number of nitrogens with zero attached hydrogens (tertiary/aromatic N) is 3. The highest BCUT2D eigenvalue weighted by molar-refractivity contribution is 7.92. The van der Waals surface area contributed by atoms with E-state index in [1.54, 1.807) is 6.92 Å². The number of aromatic hydroxyl groups is 1. The van der Waals surface area contributed by atoms with Crippen LogP contribution in [-0.4, -0.2) is 47.1 Å². The Morgan fingerprint density at radius 2 is 1.52 bits per heavy atom. The third kappa shape index (κ3) is 6.84. The number of carbonyl (C=O) groups is 1. The maximum Gasteiger partial charge on any atom is 0.294 e. The Labute approximate surface area is 252 Å². The van der Waals surface area contributed by atoms with Crippen molar-refractivity contribution in [1.82, 2.24) is 0 Å². The quantitative estimate of drug-likeness (QED) is 0.111. The lowest BCUT2D eigenvalue weighted by Crippen LogP contribution is -2.14. The van der Waals surface area contributed by atoms with Crippen LogP contribution in [0.2, 0.25) is 0 Å². The van der Waals surface area contributed by atoms with Gasteiger partial charge in [-0.15, -0.1) is 10.2 Å². The van der Waals surface area contributed by atoms with Gasteiger partial charge in [0.1, 0.15) is 17.5 Å². The van der Waals surface area contributed by atoms with E-state index in [9.17, 15) is 45.0 Å². The second-order valence-electron chi connectivity index (χ2n) is 9.24. The van der Waals surface area contributed by atoms with Crippen molar-refractivity contribution in [2.24, 2.45) is 10.2 Å². The Hall–Kier alpha value is -4.89. The predicted octanol–water partition coefficient (Wildman–Crippen LogP) is 4.63. The van der Waals surface area contributed by atoms with Crippen LogP contribution in [0.25, 0.3) is 10.8 Å². The predicted molar refractivity (Wildman–Crippen MR) is 160 cm³/mol. The van der Waals surface area contributed by atoms with Gasteiger partial charge in [0, 0.05) is 23.4 Å². The summed E-state index contributed by atoms with van der Waals surface area (Å²) in [6, 6.07) is 14.8. The Kier molecular flexibility index (Phi) is 8.74.